The highest BCUT2D eigenvalue weighted by atomic mass is 35.5. The van der Waals surface area contributed by atoms with Gasteiger partial charge in [0.15, 0.2) is 5.78 Å². The summed E-state index contributed by atoms with van der Waals surface area (Å²) in [5.41, 5.74) is -1.35. The van der Waals surface area contributed by atoms with E-state index >= 15 is 0 Å². The number of allylic oxidation sites excluding steroid dienone is 2. The zero-order valence-electron chi connectivity index (χ0n) is 13.2. The summed E-state index contributed by atoms with van der Waals surface area (Å²) in [4.78, 5) is 23.6. The fourth-order valence-corrected chi connectivity index (χ4v) is 2.67. The quantitative estimate of drug-likeness (QED) is 0.379. The van der Waals surface area contributed by atoms with Crippen molar-refractivity contribution in [3.63, 3.8) is 0 Å². The van der Waals surface area contributed by atoms with Crippen LogP contribution in [0.5, 0.6) is 0 Å². The van der Waals surface area contributed by atoms with Crippen molar-refractivity contribution in [1.82, 2.24) is 0 Å². The van der Waals surface area contributed by atoms with Crippen LogP contribution in [-0.4, -0.2) is 25.0 Å². The number of hydrogen-bond donors (Lipinski definition) is 0. The fraction of sp³-hybridized carbons (Fsp3) is 0.111. The average molecular weight is 403 g/mol. The molecule has 2 aromatic rings. The average Bonchev–Trinajstić information content (AvgIpc) is 2.57. The van der Waals surface area contributed by atoms with Gasteiger partial charge in [-0.2, -0.15) is 13.2 Å². The zero-order chi connectivity index (χ0) is 19.5. The number of rotatable bonds is 4. The SMILES string of the molecule is COC(=O)c1ccc(C(=O)C=C(c2cc(Cl)cc(Cl)c2)C(F)(F)F)cc1. The van der Waals surface area contributed by atoms with Crippen molar-refractivity contribution in [1.29, 1.82) is 0 Å². The fourth-order valence-electron chi connectivity index (χ4n) is 2.14. The van der Waals surface area contributed by atoms with Crippen molar-refractivity contribution < 1.29 is 27.5 Å². The molecule has 0 aliphatic heterocycles. The first kappa shape index (κ1) is 20.0. The Morgan fingerprint density at radius 1 is 0.923 bits per heavy atom. The van der Waals surface area contributed by atoms with Gasteiger partial charge in [-0.15, -0.1) is 0 Å². The summed E-state index contributed by atoms with van der Waals surface area (Å²) in [6.07, 6.45) is -4.33. The van der Waals surface area contributed by atoms with Gasteiger partial charge in [-0.05, 0) is 42.0 Å². The van der Waals surface area contributed by atoms with E-state index < -0.39 is 23.5 Å². The molecule has 0 bridgehead atoms. The number of ether oxygens (including phenoxy) is 1. The molecule has 0 atom stereocenters. The van der Waals surface area contributed by atoms with Crippen LogP contribution >= 0.6 is 23.2 Å². The lowest BCUT2D eigenvalue weighted by Crippen LogP contribution is -2.13. The third-order valence-corrected chi connectivity index (χ3v) is 3.78. The lowest BCUT2D eigenvalue weighted by Gasteiger charge is -2.13. The molecule has 0 aromatic heterocycles. The molecule has 3 nitrogen and oxygen atoms in total. The third kappa shape index (κ3) is 4.86. The normalized spacial score (nSPS) is 12.0. The summed E-state index contributed by atoms with van der Waals surface area (Å²) in [6, 6.07) is 8.48. The zero-order valence-corrected chi connectivity index (χ0v) is 14.7. The van der Waals surface area contributed by atoms with Crippen LogP contribution in [0.25, 0.3) is 5.57 Å². The number of benzene rings is 2. The number of carbonyl (C=O) groups excluding carboxylic acids is 2. The molecule has 0 aliphatic rings. The van der Waals surface area contributed by atoms with Crippen LogP contribution in [0, 0.1) is 0 Å². The van der Waals surface area contributed by atoms with Crippen molar-refractivity contribution in [2.45, 2.75) is 6.18 Å². The maximum Gasteiger partial charge on any atom is 0.417 e. The molecule has 8 heteroatoms. The minimum Gasteiger partial charge on any atom is -0.465 e. The van der Waals surface area contributed by atoms with Gasteiger partial charge in [-0.1, -0.05) is 35.3 Å². The maximum absolute atomic E-state index is 13.4. The van der Waals surface area contributed by atoms with Crippen LogP contribution in [0.3, 0.4) is 0 Å². The first-order valence-electron chi connectivity index (χ1n) is 7.10. The Morgan fingerprint density at radius 3 is 1.88 bits per heavy atom. The van der Waals surface area contributed by atoms with Gasteiger partial charge in [0.25, 0.3) is 0 Å². The standard InChI is InChI=1S/C18H11Cl2F3O3/c1-26-17(25)11-4-2-10(3-5-11)16(24)9-15(18(21,22)23)12-6-13(19)8-14(20)7-12/h2-9H,1H3. The highest BCUT2D eigenvalue weighted by Crippen LogP contribution is 2.36. The van der Waals surface area contributed by atoms with Crippen molar-refractivity contribution in [2.75, 3.05) is 7.11 Å². The van der Waals surface area contributed by atoms with E-state index in [1.807, 2.05) is 0 Å². The van der Waals surface area contributed by atoms with Gasteiger partial charge in [0.05, 0.1) is 18.2 Å². The maximum atomic E-state index is 13.4. The summed E-state index contributed by atoms with van der Waals surface area (Å²) in [5.74, 6) is -1.51. The van der Waals surface area contributed by atoms with Gasteiger partial charge in [-0.25, -0.2) is 4.79 Å². The van der Waals surface area contributed by atoms with Crippen molar-refractivity contribution in [2.24, 2.45) is 0 Å². The Kier molecular flexibility index (Phi) is 6.10. The second-order valence-corrected chi connectivity index (χ2v) is 6.02. The second-order valence-electron chi connectivity index (χ2n) is 5.15. The Bertz CT molecular complexity index is 852. The highest BCUT2D eigenvalue weighted by molar-refractivity contribution is 6.35. The van der Waals surface area contributed by atoms with E-state index in [9.17, 15) is 22.8 Å². The van der Waals surface area contributed by atoms with E-state index in [2.05, 4.69) is 4.74 Å². The van der Waals surface area contributed by atoms with Crippen molar-refractivity contribution in [3.8, 4) is 0 Å². The summed E-state index contributed by atoms with van der Waals surface area (Å²) < 4.78 is 44.7. The van der Waals surface area contributed by atoms with Gasteiger partial charge in [0.1, 0.15) is 0 Å². The Morgan fingerprint density at radius 2 is 1.42 bits per heavy atom. The molecule has 26 heavy (non-hydrogen) atoms. The summed E-state index contributed by atoms with van der Waals surface area (Å²) in [6.45, 7) is 0. The number of methoxy groups -OCH3 is 1. The molecule has 0 heterocycles. The summed E-state index contributed by atoms with van der Waals surface area (Å²) in [7, 11) is 1.19. The van der Waals surface area contributed by atoms with Crippen LogP contribution < -0.4 is 0 Å². The van der Waals surface area contributed by atoms with Crippen molar-refractivity contribution >= 4 is 40.5 Å². The Hall–Kier alpha value is -2.31. The van der Waals surface area contributed by atoms with Gasteiger partial charge >= 0.3 is 12.1 Å². The van der Waals surface area contributed by atoms with Crippen LogP contribution in [0.1, 0.15) is 26.3 Å². The highest BCUT2D eigenvalue weighted by Gasteiger charge is 2.35. The molecule has 0 saturated carbocycles. The van der Waals surface area contributed by atoms with Crippen LogP contribution in [0.2, 0.25) is 10.0 Å². The van der Waals surface area contributed by atoms with Crippen molar-refractivity contribution in [3.05, 3.63) is 75.3 Å². The summed E-state index contributed by atoms with van der Waals surface area (Å²) >= 11 is 11.5. The smallest absolute Gasteiger partial charge is 0.417 e. The van der Waals surface area contributed by atoms with E-state index in [0.717, 1.165) is 12.1 Å². The minimum atomic E-state index is -4.80. The molecule has 0 saturated heterocycles. The molecular formula is C18H11Cl2F3O3. The largest absolute Gasteiger partial charge is 0.465 e. The van der Waals surface area contributed by atoms with Gasteiger partial charge in [-0.3, -0.25) is 4.79 Å². The van der Waals surface area contributed by atoms with E-state index in [0.29, 0.717) is 6.08 Å². The first-order valence-corrected chi connectivity index (χ1v) is 7.85. The van der Waals surface area contributed by atoms with Crippen LogP contribution in [-0.2, 0) is 4.74 Å². The molecule has 2 rings (SSSR count). The number of halogens is 5. The lowest BCUT2D eigenvalue weighted by molar-refractivity contribution is -0.0689. The predicted octanol–water partition coefficient (Wildman–Crippen LogP) is 5.61. The predicted molar refractivity (Wildman–Crippen MR) is 92.6 cm³/mol. The minimum absolute atomic E-state index is 0.0116. The van der Waals surface area contributed by atoms with Gasteiger partial charge in [0.2, 0.25) is 0 Å². The number of carbonyl (C=O) groups is 2. The molecule has 0 spiro atoms. The van der Waals surface area contributed by atoms with Gasteiger partial charge < -0.3 is 4.74 Å². The molecule has 0 aliphatic carbocycles. The molecule has 0 amide bonds. The van der Waals surface area contributed by atoms with E-state index in [4.69, 9.17) is 23.2 Å². The Labute approximate surface area is 157 Å². The second kappa shape index (κ2) is 7.93. The molecule has 136 valence electrons. The molecule has 0 fully saturated rings. The number of alkyl halides is 3. The van der Waals surface area contributed by atoms with Crippen LogP contribution in [0.15, 0.2) is 48.5 Å². The summed E-state index contributed by atoms with van der Waals surface area (Å²) in [5, 5.41) is 0.0232. The van der Waals surface area contributed by atoms with E-state index in [1.165, 1.54) is 37.4 Å². The van der Waals surface area contributed by atoms with E-state index in [1.54, 1.807) is 0 Å². The monoisotopic (exact) mass is 402 g/mol. The number of esters is 1. The first-order chi connectivity index (χ1) is 12.1. The Balaban J connectivity index is 2.43. The molecule has 2 aromatic carbocycles. The molecule has 0 N–H and O–H groups in total. The lowest BCUT2D eigenvalue weighted by atomic mass is 10.0. The van der Waals surface area contributed by atoms with Gasteiger partial charge in [0, 0.05) is 15.6 Å². The van der Waals surface area contributed by atoms with Crippen LogP contribution in [0.4, 0.5) is 13.2 Å². The molecular weight excluding hydrogens is 392 g/mol. The third-order valence-electron chi connectivity index (χ3n) is 3.34. The van der Waals surface area contributed by atoms with E-state index in [-0.39, 0.29) is 26.7 Å². The number of hydrogen-bond acceptors (Lipinski definition) is 3. The number of ketones is 1. The molecule has 0 radical (unpaired) electrons. The topological polar surface area (TPSA) is 43.4 Å². The molecule has 0 unspecified atom stereocenters.